The molecule has 154 valence electrons. The molecule has 3 rings (SSSR count). The molecule has 8 heteroatoms. The number of rotatable bonds is 6. The fraction of sp³-hybridized carbons (Fsp3) is 0.500. The van der Waals surface area contributed by atoms with E-state index in [1.54, 1.807) is 18.4 Å². The molecule has 1 aliphatic rings. The number of thiazole rings is 1. The van der Waals surface area contributed by atoms with Crippen LogP contribution in [0.15, 0.2) is 28.6 Å². The molecule has 0 fully saturated rings. The Morgan fingerprint density at radius 2 is 2.21 bits per heavy atom. The van der Waals surface area contributed by atoms with E-state index in [-0.39, 0.29) is 29.6 Å². The maximum absolute atomic E-state index is 6.05. The van der Waals surface area contributed by atoms with Gasteiger partial charge in [0, 0.05) is 31.5 Å². The number of nitrogens with zero attached hydrogens (tertiary/aromatic N) is 3. The lowest BCUT2D eigenvalue weighted by Crippen LogP contribution is -2.40. The van der Waals surface area contributed by atoms with Gasteiger partial charge in [-0.25, -0.2) is 4.98 Å². The van der Waals surface area contributed by atoms with E-state index in [2.05, 4.69) is 45.5 Å². The fourth-order valence-electron chi connectivity index (χ4n) is 3.21. The number of halogens is 1. The summed E-state index contributed by atoms with van der Waals surface area (Å²) < 4.78 is 12.0. The zero-order chi connectivity index (χ0) is 19.4. The van der Waals surface area contributed by atoms with Crippen molar-refractivity contribution in [1.82, 2.24) is 15.2 Å². The highest BCUT2D eigenvalue weighted by Crippen LogP contribution is 2.41. The van der Waals surface area contributed by atoms with E-state index >= 15 is 0 Å². The molecule has 0 saturated heterocycles. The number of hydrogen-bond donors (Lipinski definition) is 1. The first kappa shape index (κ1) is 22.7. The van der Waals surface area contributed by atoms with Crippen LogP contribution in [0.25, 0.3) is 0 Å². The predicted molar refractivity (Wildman–Crippen MR) is 125 cm³/mol. The molecule has 0 spiro atoms. The average Bonchev–Trinajstić information content (AvgIpc) is 3.16. The molecule has 6 nitrogen and oxygen atoms in total. The molecule has 0 saturated carbocycles. The molecule has 2 aromatic rings. The van der Waals surface area contributed by atoms with Crippen molar-refractivity contribution in [3.63, 3.8) is 0 Å². The van der Waals surface area contributed by atoms with Crippen LogP contribution in [0, 0.1) is 6.92 Å². The lowest BCUT2D eigenvalue weighted by atomic mass is 10.0. The van der Waals surface area contributed by atoms with Crippen molar-refractivity contribution < 1.29 is 9.47 Å². The molecule has 28 heavy (non-hydrogen) atoms. The van der Waals surface area contributed by atoms with Crippen LogP contribution in [0.5, 0.6) is 11.5 Å². The van der Waals surface area contributed by atoms with E-state index < -0.39 is 0 Å². The molecule has 0 atom stereocenters. The van der Waals surface area contributed by atoms with Crippen LogP contribution < -0.4 is 14.8 Å². The van der Waals surface area contributed by atoms with E-state index in [1.807, 2.05) is 26.1 Å². The highest BCUT2D eigenvalue weighted by molar-refractivity contribution is 14.0. The lowest BCUT2D eigenvalue weighted by Gasteiger charge is -2.21. The first-order valence-corrected chi connectivity index (χ1v) is 10.0. The van der Waals surface area contributed by atoms with Crippen LogP contribution in [0.2, 0.25) is 0 Å². The average molecular weight is 516 g/mol. The van der Waals surface area contributed by atoms with Gasteiger partial charge in [-0.1, -0.05) is 12.1 Å². The first-order chi connectivity index (χ1) is 12.9. The van der Waals surface area contributed by atoms with Gasteiger partial charge in [0.2, 0.25) is 0 Å². The number of benzene rings is 1. The number of aromatic nitrogens is 1. The van der Waals surface area contributed by atoms with Crippen LogP contribution in [-0.2, 0) is 13.0 Å². The van der Waals surface area contributed by atoms with Gasteiger partial charge >= 0.3 is 0 Å². The Morgan fingerprint density at radius 1 is 1.43 bits per heavy atom. The summed E-state index contributed by atoms with van der Waals surface area (Å²) in [5, 5.41) is 6.50. The molecular formula is C20H29IN4O2S. The number of guanidine groups is 1. The molecule has 1 N–H and O–H groups in total. The van der Waals surface area contributed by atoms with Gasteiger partial charge in [-0.2, -0.15) is 0 Å². The van der Waals surface area contributed by atoms with Crippen molar-refractivity contribution in [2.24, 2.45) is 4.99 Å². The minimum Gasteiger partial charge on any atom is -0.488 e. The SMILES string of the molecule is CN=C(NCCOc1cccc2c1OC(C)(C)C2)N(C)Cc1csc(C)n1.I. The van der Waals surface area contributed by atoms with Crippen molar-refractivity contribution in [1.29, 1.82) is 0 Å². The summed E-state index contributed by atoms with van der Waals surface area (Å²) >= 11 is 1.66. The number of aryl methyl sites for hydroxylation is 1. The van der Waals surface area contributed by atoms with Gasteiger partial charge < -0.3 is 19.7 Å². The van der Waals surface area contributed by atoms with Gasteiger partial charge in [-0.05, 0) is 26.8 Å². The van der Waals surface area contributed by atoms with E-state index in [9.17, 15) is 0 Å². The Labute approximate surface area is 188 Å². The molecule has 2 heterocycles. The Bertz CT molecular complexity index is 822. The summed E-state index contributed by atoms with van der Waals surface area (Å²) in [6.07, 6.45) is 0.908. The van der Waals surface area contributed by atoms with E-state index in [0.717, 1.165) is 41.1 Å². The molecule has 0 radical (unpaired) electrons. The monoisotopic (exact) mass is 516 g/mol. The van der Waals surface area contributed by atoms with Gasteiger partial charge in [0.05, 0.1) is 23.8 Å². The molecule has 0 amide bonds. The van der Waals surface area contributed by atoms with E-state index in [0.29, 0.717) is 13.2 Å². The van der Waals surface area contributed by atoms with Crippen molar-refractivity contribution in [3.8, 4) is 11.5 Å². The van der Waals surface area contributed by atoms with E-state index in [1.165, 1.54) is 5.56 Å². The third-order valence-electron chi connectivity index (χ3n) is 4.34. The van der Waals surface area contributed by atoms with E-state index in [4.69, 9.17) is 9.47 Å². The van der Waals surface area contributed by atoms with Crippen molar-refractivity contribution in [3.05, 3.63) is 39.8 Å². The number of para-hydroxylation sites is 1. The normalized spacial score (nSPS) is 14.7. The predicted octanol–water partition coefficient (Wildman–Crippen LogP) is 3.87. The fourth-order valence-corrected chi connectivity index (χ4v) is 3.81. The Kier molecular flexibility index (Phi) is 7.94. The highest BCUT2D eigenvalue weighted by Gasteiger charge is 2.32. The second-order valence-corrected chi connectivity index (χ2v) is 8.38. The van der Waals surface area contributed by atoms with Crippen molar-refractivity contribution in [2.75, 3.05) is 27.2 Å². The zero-order valence-corrected chi connectivity index (χ0v) is 20.3. The van der Waals surface area contributed by atoms with Crippen LogP contribution in [0.3, 0.4) is 0 Å². The number of hydrogen-bond acceptors (Lipinski definition) is 5. The Balaban J connectivity index is 0.00000280. The minimum atomic E-state index is -0.168. The molecule has 0 bridgehead atoms. The van der Waals surface area contributed by atoms with Crippen LogP contribution in [0.4, 0.5) is 0 Å². The second kappa shape index (κ2) is 9.78. The third kappa shape index (κ3) is 5.73. The first-order valence-electron chi connectivity index (χ1n) is 9.14. The summed E-state index contributed by atoms with van der Waals surface area (Å²) in [6.45, 7) is 8.12. The molecule has 1 aromatic heterocycles. The lowest BCUT2D eigenvalue weighted by molar-refractivity contribution is 0.132. The maximum Gasteiger partial charge on any atom is 0.193 e. The van der Waals surface area contributed by atoms with Crippen LogP contribution >= 0.6 is 35.3 Å². The number of aliphatic imine (C=N–C) groups is 1. The van der Waals surface area contributed by atoms with Gasteiger partial charge in [0.25, 0.3) is 0 Å². The largest absolute Gasteiger partial charge is 0.488 e. The summed E-state index contributed by atoms with van der Waals surface area (Å²) in [4.78, 5) is 10.9. The van der Waals surface area contributed by atoms with Gasteiger partial charge in [0.15, 0.2) is 17.5 Å². The second-order valence-electron chi connectivity index (χ2n) is 7.32. The molecule has 1 aliphatic heterocycles. The minimum absolute atomic E-state index is 0. The molecular weight excluding hydrogens is 487 g/mol. The quantitative estimate of drug-likeness (QED) is 0.274. The third-order valence-corrected chi connectivity index (χ3v) is 5.16. The topological polar surface area (TPSA) is 59.0 Å². The zero-order valence-electron chi connectivity index (χ0n) is 17.1. The number of fused-ring (bicyclic) bond motifs is 1. The summed E-state index contributed by atoms with van der Waals surface area (Å²) in [6, 6.07) is 6.09. The van der Waals surface area contributed by atoms with Gasteiger partial charge in [0.1, 0.15) is 12.2 Å². The van der Waals surface area contributed by atoms with Crippen molar-refractivity contribution >= 4 is 41.3 Å². The van der Waals surface area contributed by atoms with Gasteiger partial charge in [-0.3, -0.25) is 4.99 Å². The molecule has 0 aliphatic carbocycles. The Morgan fingerprint density at radius 3 is 2.89 bits per heavy atom. The number of nitrogens with one attached hydrogen (secondary N) is 1. The summed E-state index contributed by atoms with van der Waals surface area (Å²) in [5.74, 6) is 2.50. The van der Waals surface area contributed by atoms with Crippen molar-refractivity contribution in [2.45, 2.75) is 39.3 Å². The summed E-state index contributed by atoms with van der Waals surface area (Å²) in [5.41, 5.74) is 2.09. The molecule has 1 aromatic carbocycles. The highest BCUT2D eigenvalue weighted by atomic mass is 127. The smallest absolute Gasteiger partial charge is 0.193 e. The van der Waals surface area contributed by atoms with Crippen LogP contribution in [0.1, 0.15) is 30.1 Å². The Hall–Kier alpha value is -1.55. The van der Waals surface area contributed by atoms with Crippen LogP contribution in [-0.4, -0.2) is 48.7 Å². The maximum atomic E-state index is 6.05. The number of ether oxygens (including phenoxy) is 2. The molecule has 0 unspecified atom stereocenters. The standard InChI is InChI=1S/C20H28N4O2S.HI/c1-14-23-16(13-27-14)12-24(5)19(21-4)22-9-10-25-17-8-6-7-15-11-20(2,3)26-18(15)17;/h6-8,13H,9-12H2,1-5H3,(H,21,22);1H. The summed E-state index contributed by atoms with van der Waals surface area (Å²) in [7, 11) is 3.79. The van der Waals surface area contributed by atoms with Gasteiger partial charge in [-0.15, -0.1) is 35.3 Å².